The fraction of sp³-hybridized carbons (Fsp3) is 0.333. The zero-order valence-corrected chi connectivity index (χ0v) is 13.4. The maximum Gasteiger partial charge on any atom is 0.168 e. The van der Waals surface area contributed by atoms with Crippen LogP contribution in [0.25, 0.3) is 0 Å². The number of halogens is 1. The van der Waals surface area contributed by atoms with E-state index in [1.165, 1.54) is 0 Å². The van der Waals surface area contributed by atoms with Crippen LogP contribution in [0.1, 0.15) is 32.3 Å². The number of benzene rings is 1. The predicted molar refractivity (Wildman–Crippen MR) is 83.6 cm³/mol. The molecule has 0 saturated carbocycles. The second-order valence-electron chi connectivity index (χ2n) is 5.54. The van der Waals surface area contributed by atoms with Crippen LogP contribution in [0.3, 0.4) is 0 Å². The quantitative estimate of drug-likeness (QED) is 0.928. The Morgan fingerprint density at radius 1 is 1.15 bits per heavy atom. The van der Waals surface area contributed by atoms with Gasteiger partial charge in [0.05, 0.1) is 10.2 Å². The lowest BCUT2D eigenvalue weighted by Gasteiger charge is -2.20. The summed E-state index contributed by atoms with van der Waals surface area (Å²) < 4.78 is 6.42. The Morgan fingerprint density at radius 2 is 1.80 bits per heavy atom. The van der Waals surface area contributed by atoms with Gasteiger partial charge in [0.2, 0.25) is 0 Å². The molecule has 0 aliphatic heterocycles. The summed E-state index contributed by atoms with van der Waals surface area (Å²) in [4.78, 5) is 8.81. The zero-order valence-electron chi connectivity index (χ0n) is 11.9. The van der Waals surface area contributed by atoms with Crippen molar-refractivity contribution in [2.45, 2.75) is 32.8 Å². The number of rotatable bonds is 3. The summed E-state index contributed by atoms with van der Waals surface area (Å²) >= 11 is 3.46. The lowest BCUT2D eigenvalue weighted by Crippen LogP contribution is -2.18. The molecule has 20 heavy (non-hydrogen) atoms. The second-order valence-corrected chi connectivity index (χ2v) is 6.33. The largest absolute Gasteiger partial charge is 0.486 e. The Balaban J connectivity index is 2.23. The molecule has 1 heterocycles. The molecule has 4 nitrogen and oxygen atoms in total. The summed E-state index contributed by atoms with van der Waals surface area (Å²) in [7, 11) is 0. The number of ether oxygens (including phenoxy) is 1. The third kappa shape index (κ3) is 3.48. The molecule has 0 aliphatic carbocycles. The number of aromatic nitrogens is 2. The minimum atomic E-state index is -0.114. The number of nitrogens with zero attached hydrogens (tertiary/aromatic N) is 2. The molecule has 2 aromatic rings. The minimum Gasteiger partial charge on any atom is -0.486 e. The number of hydrogen-bond donors (Lipinski definition) is 1. The smallest absolute Gasteiger partial charge is 0.168 e. The van der Waals surface area contributed by atoms with Gasteiger partial charge < -0.3 is 10.5 Å². The number of anilines is 1. The third-order valence-electron chi connectivity index (χ3n) is 2.74. The van der Waals surface area contributed by atoms with Gasteiger partial charge in [0.15, 0.2) is 5.82 Å². The van der Waals surface area contributed by atoms with Gasteiger partial charge in [0, 0.05) is 5.41 Å². The van der Waals surface area contributed by atoms with Crippen LogP contribution >= 0.6 is 15.9 Å². The van der Waals surface area contributed by atoms with Gasteiger partial charge in [-0.15, -0.1) is 0 Å². The van der Waals surface area contributed by atoms with Gasteiger partial charge >= 0.3 is 0 Å². The van der Waals surface area contributed by atoms with E-state index in [2.05, 4.69) is 46.7 Å². The van der Waals surface area contributed by atoms with Gasteiger partial charge in [-0.3, -0.25) is 0 Å². The van der Waals surface area contributed by atoms with Crippen LogP contribution in [-0.2, 0) is 12.0 Å². The maximum absolute atomic E-state index is 5.93. The fourth-order valence-electron chi connectivity index (χ4n) is 1.74. The van der Waals surface area contributed by atoms with Crippen molar-refractivity contribution in [3.63, 3.8) is 0 Å². The van der Waals surface area contributed by atoms with E-state index in [-0.39, 0.29) is 5.41 Å². The molecule has 1 aromatic carbocycles. The molecule has 2 rings (SSSR count). The molecule has 0 atom stereocenters. The van der Waals surface area contributed by atoms with Crippen molar-refractivity contribution >= 4 is 21.7 Å². The van der Waals surface area contributed by atoms with Gasteiger partial charge in [-0.2, -0.15) is 0 Å². The van der Waals surface area contributed by atoms with Crippen LogP contribution in [0.5, 0.6) is 5.75 Å². The molecule has 0 amide bonds. The summed E-state index contributed by atoms with van der Waals surface area (Å²) in [6.07, 6.45) is 0. The van der Waals surface area contributed by atoms with Crippen LogP contribution in [0.15, 0.2) is 34.8 Å². The third-order valence-corrected chi connectivity index (χ3v) is 3.53. The highest BCUT2D eigenvalue weighted by molar-refractivity contribution is 9.10. The summed E-state index contributed by atoms with van der Waals surface area (Å²) in [6, 6.07) is 9.58. The molecule has 106 valence electrons. The highest BCUT2D eigenvalue weighted by Crippen LogP contribution is 2.31. The summed E-state index contributed by atoms with van der Waals surface area (Å²) in [5.41, 5.74) is 6.71. The highest BCUT2D eigenvalue weighted by Gasteiger charge is 2.22. The monoisotopic (exact) mass is 335 g/mol. The lowest BCUT2D eigenvalue weighted by atomic mass is 9.92. The minimum absolute atomic E-state index is 0.114. The standard InChI is InChI=1S/C15H18BrN3O/c1-15(2,3)13-12(16)14(17)19-11(18-13)9-20-10-7-5-4-6-8-10/h4-8H,9H2,1-3H3,(H2,17,18,19). The first-order valence-corrected chi connectivity index (χ1v) is 7.17. The predicted octanol–water partition coefficient (Wildman–Crippen LogP) is 3.70. The summed E-state index contributed by atoms with van der Waals surface area (Å²) in [5, 5.41) is 0. The SMILES string of the molecule is CC(C)(C)c1nc(COc2ccccc2)nc(N)c1Br. The topological polar surface area (TPSA) is 61.0 Å². The van der Waals surface area contributed by atoms with E-state index in [9.17, 15) is 0 Å². The van der Waals surface area contributed by atoms with Gasteiger partial charge in [0.1, 0.15) is 18.2 Å². The molecule has 0 spiro atoms. The number of hydrogen-bond acceptors (Lipinski definition) is 4. The molecule has 0 saturated heterocycles. The summed E-state index contributed by atoms with van der Waals surface area (Å²) in [6.45, 7) is 6.55. The number of nitrogens with two attached hydrogens (primary N) is 1. The van der Waals surface area contributed by atoms with Gasteiger partial charge in [-0.05, 0) is 28.1 Å². The van der Waals surface area contributed by atoms with E-state index in [0.717, 1.165) is 15.9 Å². The van der Waals surface area contributed by atoms with Gasteiger partial charge in [0.25, 0.3) is 0 Å². The number of para-hydroxylation sites is 1. The van der Waals surface area contributed by atoms with Crippen LogP contribution in [-0.4, -0.2) is 9.97 Å². The van der Waals surface area contributed by atoms with Gasteiger partial charge in [-0.25, -0.2) is 9.97 Å². The first-order chi connectivity index (χ1) is 9.38. The second kappa shape index (κ2) is 5.79. The van der Waals surface area contributed by atoms with Crippen molar-refractivity contribution in [1.29, 1.82) is 0 Å². The van der Waals surface area contributed by atoms with Crippen LogP contribution in [0.4, 0.5) is 5.82 Å². The molecule has 0 aliphatic rings. The van der Waals surface area contributed by atoms with Crippen LogP contribution in [0.2, 0.25) is 0 Å². The molecular formula is C15H18BrN3O. The van der Waals surface area contributed by atoms with E-state index in [0.29, 0.717) is 18.2 Å². The van der Waals surface area contributed by atoms with E-state index >= 15 is 0 Å². The molecule has 0 bridgehead atoms. The van der Waals surface area contributed by atoms with Crippen molar-refractivity contribution in [2.75, 3.05) is 5.73 Å². The molecular weight excluding hydrogens is 318 g/mol. The molecule has 5 heteroatoms. The summed E-state index contributed by atoms with van der Waals surface area (Å²) in [5.74, 6) is 1.81. The van der Waals surface area contributed by atoms with Crippen molar-refractivity contribution in [1.82, 2.24) is 9.97 Å². The molecule has 0 fully saturated rings. The Labute approximate surface area is 127 Å². The van der Waals surface area contributed by atoms with Crippen molar-refractivity contribution in [2.24, 2.45) is 0 Å². The Morgan fingerprint density at radius 3 is 2.40 bits per heavy atom. The first-order valence-electron chi connectivity index (χ1n) is 6.38. The maximum atomic E-state index is 5.93. The molecule has 0 unspecified atom stereocenters. The first kappa shape index (κ1) is 14.8. The van der Waals surface area contributed by atoms with E-state index in [1.54, 1.807) is 0 Å². The van der Waals surface area contributed by atoms with Crippen molar-refractivity contribution in [3.8, 4) is 5.75 Å². The van der Waals surface area contributed by atoms with E-state index in [4.69, 9.17) is 10.5 Å². The zero-order chi connectivity index (χ0) is 14.8. The molecule has 1 aromatic heterocycles. The van der Waals surface area contributed by atoms with Crippen molar-refractivity contribution in [3.05, 3.63) is 46.3 Å². The Bertz CT molecular complexity index is 594. The van der Waals surface area contributed by atoms with E-state index < -0.39 is 0 Å². The molecule has 0 radical (unpaired) electrons. The Hall–Kier alpha value is -1.62. The Kier molecular flexibility index (Phi) is 4.28. The fourth-order valence-corrected chi connectivity index (χ4v) is 2.51. The normalized spacial score (nSPS) is 11.4. The number of nitrogen functional groups attached to an aromatic ring is 1. The molecule has 2 N–H and O–H groups in total. The average molecular weight is 336 g/mol. The average Bonchev–Trinajstić information content (AvgIpc) is 2.40. The highest BCUT2D eigenvalue weighted by atomic mass is 79.9. The van der Waals surface area contributed by atoms with Crippen LogP contribution in [0, 0.1) is 0 Å². The lowest BCUT2D eigenvalue weighted by molar-refractivity contribution is 0.294. The van der Waals surface area contributed by atoms with Gasteiger partial charge in [-0.1, -0.05) is 39.0 Å². The van der Waals surface area contributed by atoms with E-state index in [1.807, 2.05) is 30.3 Å². The van der Waals surface area contributed by atoms with Crippen molar-refractivity contribution < 1.29 is 4.74 Å². The van der Waals surface area contributed by atoms with Crippen LogP contribution < -0.4 is 10.5 Å².